The van der Waals surface area contributed by atoms with Gasteiger partial charge in [-0.05, 0) is 37.5 Å². The van der Waals surface area contributed by atoms with Crippen LogP contribution in [0.3, 0.4) is 0 Å². The number of aliphatic imine (C=N–C) groups is 1. The summed E-state index contributed by atoms with van der Waals surface area (Å²) in [5, 5.41) is 6.51. The zero-order valence-corrected chi connectivity index (χ0v) is 15.6. The van der Waals surface area contributed by atoms with Crippen LogP contribution < -0.4 is 15.4 Å². The second-order valence-electron chi connectivity index (χ2n) is 5.18. The van der Waals surface area contributed by atoms with Gasteiger partial charge >= 0.3 is 0 Å². The molecule has 1 aromatic rings. The van der Waals surface area contributed by atoms with Crippen molar-refractivity contribution in [2.45, 2.75) is 25.9 Å². The van der Waals surface area contributed by atoms with Gasteiger partial charge in [0.15, 0.2) is 5.96 Å². The predicted octanol–water partition coefficient (Wildman–Crippen LogP) is 2.34. The summed E-state index contributed by atoms with van der Waals surface area (Å²) in [7, 11) is 1.77. The largest absolute Gasteiger partial charge is 0.492 e. The maximum Gasteiger partial charge on any atom is 0.191 e. The van der Waals surface area contributed by atoms with Gasteiger partial charge in [0.1, 0.15) is 12.4 Å². The monoisotopic (exact) mass is 419 g/mol. The third-order valence-electron chi connectivity index (χ3n) is 3.40. The Labute approximate surface area is 149 Å². The molecule has 2 N–H and O–H groups in total. The molecule has 124 valence electrons. The van der Waals surface area contributed by atoms with Gasteiger partial charge in [0.25, 0.3) is 0 Å². The van der Waals surface area contributed by atoms with Gasteiger partial charge in [-0.25, -0.2) is 0 Å². The SMILES string of the molecule is CN=C(NCCOc1cccc(C)c1)NCC1CCCO1.I. The molecule has 0 bridgehead atoms. The molecule has 1 aliphatic rings. The van der Waals surface area contributed by atoms with Crippen molar-refractivity contribution in [3.8, 4) is 5.75 Å². The molecule has 5 nitrogen and oxygen atoms in total. The van der Waals surface area contributed by atoms with Crippen molar-refractivity contribution in [1.82, 2.24) is 10.6 Å². The number of hydrogen-bond acceptors (Lipinski definition) is 3. The van der Waals surface area contributed by atoms with E-state index in [2.05, 4.69) is 28.6 Å². The number of halogens is 1. The van der Waals surface area contributed by atoms with Gasteiger partial charge in [0.2, 0.25) is 0 Å². The minimum Gasteiger partial charge on any atom is -0.492 e. The van der Waals surface area contributed by atoms with Crippen molar-refractivity contribution >= 4 is 29.9 Å². The van der Waals surface area contributed by atoms with Crippen LogP contribution in [0, 0.1) is 6.92 Å². The van der Waals surface area contributed by atoms with Crippen LogP contribution in [0.4, 0.5) is 0 Å². The Morgan fingerprint density at radius 3 is 2.95 bits per heavy atom. The van der Waals surface area contributed by atoms with E-state index in [4.69, 9.17) is 9.47 Å². The molecule has 0 radical (unpaired) electrons. The molecule has 1 heterocycles. The van der Waals surface area contributed by atoms with Crippen LogP contribution in [-0.4, -0.2) is 45.4 Å². The number of benzene rings is 1. The maximum absolute atomic E-state index is 5.69. The van der Waals surface area contributed by atoms with E-state index in [0.717, 1.165) is 37.7 Å². The summed E-state index contributed by atoms with van der Waals surface area (Å²) in [6.45, 7) is 5.05. The maximum atomic E-state index is 5.69. The second-order valence-corrected chi connectivity index (χ2v) is 5.18. The molecule has 0 amide bonds. The third-order valence-corrected chi connectivity index (χ3v) is 3.40. The van der Waals surface area contributed by atoms with Crippen LogP contribution in [-0.2, 0) is 4.74 Å². The molecule has 0 aromatic heterocycles. The first-order chi connectivity index (χ1) is 10.3. The summed E-state index contributed by atoms with van der Waals surface area (Å²) in [5.74, 6) is 1.69. The molecule has 1 aliphatic heterocycles. The number of hydrogen-bond donors (Lipinski definition) is 2. The topological polar surface area (TPSA) is 54.9 Å². The van der Waals surface area contributed by atoms with Gasteiger partial charge in [-0.2, -0.15) is 0 Å². The molecule has 1 unspecified atom stereocenters. The van der Waals surface area contributed by atoms with Gasteiger partial charge < -0.3 is 20.1 Å². The highest BCUT2D eigenvalue weighted by molar-refractivity contribution is 14.0. The fourth-order valence-electron chi connectivity index (χ4n) is 2.28. The van der Waals surface area contributed by atoms with E-state index >= 15 is 0 Å². The van der Waals surface area contributed by atoms with Crippen molar-refractivity contribution in [1.29, 1.82) is 0 Å². The van der Waals surface area contributed by atoms with Crippen LogP contribution >= 0.6 is 24.0 Å². The Kier molecular flexibility index (Phi) is 9.22. The molecule has 1 atom stereocenters. The van der Waals surface area contributed by atoms with E-state index in [1.165, 1.54) is 5.56 Å². The van der Waals surface area contributed by atoms with Gasteiger partial charge in [0.05, 0.1) is 12.6 Å². The first-order valence-electron chi connectivity index (χ1n) is 7.53. The molecule has 0 aliphatic carbocycles. The molecule has 1 fully saturated rings. The van der Waals surface area contributed by atoms with Crippen LogP contribution in [0.25, 0.3) is 0 Å². The Hall–Kier alpha value is -1.02. The van der Waals surface area contributed by atoms with Gasteiger partial charge in [-0.3, -0.25) is 4.99 Å². The molecule has 22 heavy (non-hydrogen) atoms. The minimum atomic E-state index is 0. The molecule has 0 spiro atoms. The normalized spacial score (nSPS) is 17.7. The van der Waals surface area contributed by atoms with Crippen LogP contribution in [0.2, 0.25) is 0 Å². The molecule has 6 heteroatoms. The number of aryl methyl sites for hydroxylation is 1. The average molecular weight is 419 g/mol. The van der Waals surface area contributed by atoms with Crippen molar-refractivity contribution in [3.05, 3.63) is 29.8 Å². The summed E-state index contributed by atoms with van der Waals surface area (Å²) in [5.41, 5.74) is 1.20. The average Bonchev–Trinajstić information content (AvgIpc) is 3.00. The lowest BCUT2D eigenvalue weighted by molar-refractivity contribution is 0.114. The predicted molar refractivity (Wildman–Crippen MR) is 100 cm³/mol. The Bertz CT molecular complexity index is 462. The zero-order valence-electron chi connectivity index (χ0n) is 13.3. The Morgan fingerprint density at radius 2 is 2.27 bits per heavy atom. The summed E-state index contributed by atoms with van der Waals surface area (Å²) in [6.07, 6.45) is 2.59. The van der Waals surface area contributed by atoms with Crippen LogP contribution in [0.1, 0.15) is 18.4 Å². The lowest BCUT2D eigenvalue weighted by Crippen LogP contribution is -2.42. The second kappa shape index (κ2) is 10.7. The van der Waals surface area contributed by atoms with E-state index in [0.29, 0.717) is 19.3 Å². The Morgan fingerprint density at radius 1 is 1.41 bits per heavy atom. The van der Waals surface area contributed by atoms with E-state index in [1.807, 2.05) is 18.2 Å². The lowest BCUT2D eigenvalue weighted by Gasteiger charge is -2.15. The Balaban J connectivity index is 0.00000242. The number of rotatable bonds is 6. The molecular weight excluding hydrogens is 393 g/mol. The minimum absolute atomic E-state index is 0. The molecule has 0 saturated carbocycles. The number of nitrogens with one attached hydrogen (secondary N) is 2. The summed E-state index contributed by atoms with van der Waals surface area (Å²) in [4.78, 5) is 4.19. The van der Waals surface area contributed by atoms with Gasteiger partial charge in [0, 0.05) is 20.2 Å². The number of guanidine groups is 1. The summed E-state index contributed by atoms with van der Waals surface area (Å²) in [6, 6.07) is 8.06. The smallest absolute Gasteiger partial charge is 0.191 e. The van der Waals surface area contributed by atoms with Crippen molar-refractivity contribution < 1.29 is 9.47 Å². The molecule has 1 saturated heterocycles. The standard InChI is InChI=1S/C16H25N3O2.HI/c1-13-5-3-6-14(11-13)21-10-8-18-16(17-2)19-12-15-7-4-9-20-15;/h3,5-6,11,15H,4,7-10,12H2,1-2H3,(H2,17,18,19);1H. The van der Waals surface area contributed by atoms with E-state index in [-0.39, 0.29) is 24.0 Å². The fraction of sp³-hybridized carbons (Fsp3) is 0.562. The quantitative estimate of drug-likeness (QED) is 0.322. The van der Waals surface area contributed by atoms with Gasteiger partial charge in [-0.15, -0.1) is 24.0 Å². The molecule has 2 rings (SSSR count). The lowest BCUT2D eigenvalue weighted by atomic mass is 10.2. The van der Waals surface area contributed by atoms with E-state index in [1.54, 1.807) is 7.05 Å². The number of nitrogens with zero attached hydrogens (tertiary/aromatic N) is 1. The van der Waals surface area contributed by atoms with E-state index < -0.39 is 0 Å². The first-order valence-corrected chi connectivity index (χ1v) is 7.53. The number of ether oxygens (including phenoxy) is 2. The van der Waals surface area contributed by atoms with E-state index in [9.17, 15) is 0 Å². The van der Waals surface area contributed by atoms with Crippen molar-refractivity contribution in [2.75, 3.05) is 33.4 Å². The highest BCUT2D eigenvalue weighted by atomic mass is 127. The summed E-state index contributed by atoms with van der Waals surface area (Å²) < 4.78 is 11.3. The third kappa shape index (κ3) is 6.83. The van der Waals surface area contributed by atoms with Gasteiger partial charge in [-0.1, -0.05) is 12.1 Å². The highest BCUT2D eigenvalue weighted by Gasteiger charge is 2.15. The van der Waals surface area contributed by atoms with Crippen molar-refractivity contribution in [3.63, 3.8) is 0 Å². The van der Waals surface area contributed by atoms with Crippen LogP contribution in [0.15, 0.2) is 29.3 Å². The van der Waals surface area contributed by atoms with Crippen LogP contribution in [0.5, 0.6) is 5.75 Å². The highest BCUT2D eigenvalue weighted by Crippen LogP contribution is 2.12. The summed E-state index contributed by atoms with van der Waals surface area (Å²) >= 11 is 0. The first kappa shape index (κ1) is 19.0. The fourth-order valence-corrected chi connectivity index (χ4v) is 2.28. The molecule has 1 aromatic carbocycles. The zero-order chi connectivity index (χ0) is 14.9. The van der Waals surface area contributed by atoms with Crippen molar-refractivity contribution in [2.24, 2.45) is 4.99 Å². The molecular formula is C16H26IN3O2.